The van der Waals surface area contributed by atoms with Crippen LogP contribution in [0.2, 0.25) is 0 Å². The van der Waals surface area contributed by atoms with Crippen molar-refractivity contribution in [1.29, 1.82) is 0 Å². The van der Waals surface area contributed by atoms with Gasteiger partial charge >= 0.3 is 5.97 Å². The summed E-state index contributed by atoms with van der Waals surface area (Å²) in [6.07, 6.45) is 0.322. The molecule has 0 saturated carbocycles. The fourth-order valence-corrected chi connectivity index (χ4v) is 2.08. The van der Waals surface area contributed by atoms with Crippen molar-refractivity contribution in [3.05, 3.63) is 29.3 Å². The molecule has 1 aromatic rings. The van der Waals surface area contributed by atoms with Crippen LogP contribution in [0.3, 0.4) is 0 Å². The van der Waals surface area contributed by atoms with E-state index in [1.807, 2.05) is 0 Å². The van der Waals surface area contributed by atoms with E-state index in [2.05, 4.69) is 5.32 Å². The van der Waals surface area contributed by atoms with Gasteiger partial charge in [-0.15, -0.1) is 0 Å². The van der Waals surface area contributed by atoms with E-state index in [4.69, 9.17) is 0 Å². The van der Waals surface area contributed by atoms with Crippen molar-refractivity contribution in [2.75, 3.05) is 19.4 Å². The molecule has 2 N–H and O–H groups in total. The Bertz CT molecular complexity index is 483. The van der Waals surface area contributed by atoms with Crippen LogP contribution < -0.4 is 5.32 Å². The number of hydrogen-bond acceptors (Lipinski definition) is 3. The second-order valence-electron chi connectivity index (χ2n) is 4.35. The van der Waals surface area contributed by atoms with Crippen molar-refractivity contribution in [1.82, 2.24) is 4.90 Å². The number of rotatable bonds is 3. The Kier molecular flexibility index (Phi) is 2.85. The lowest BCUT2D eigenvalue weighted by Crippen LogP contribution is -2.27. The van der Waals surface area contributed by atoms with Gasteiger partial charge in [0.1, 0.15) is 6.04 Å². The SMILES string of the molecule is CN(C)C(C(=O)O)c1ccc2c(c1)CC(=O)N2. The number of hydrogen-bond donors (Lipinski definition) is 2. The number of likely N-dealkylation sites (N-methyl/N-ethyl adjacent to an activating group) is 1. The van der Waals surface area contributed by atoms with Gasteiger partial charge in [-0.05, 0) is 31.3 Å². The van der Waals surface area contributed by atoms with Gasteiger partial charge in [-0.1, -0.05) is 12.1 Å². The molecule has 0 radical (unpaired) electrons. The molecule has 0 fully saturated rings. The summed E-state index contributed by atoms with van der Waals surface area (Å²) in [6, 6.07) is 4.60. The zero-order valence-corrected chi connectivity index (χ0v) is 9.73. The van der Waals surface area contributed by atoms with Gasteiger partial charge in [0.05, 0.1) is 6.42 Å². The van der Waals surface area contributed by atoms with E-state index in [9.17, 15) is 14.7 Å². The highest BCUT2D eigenvalue weighted by atomic mass is 16.4. The van der Waals surface area contributed by atoms with E-state index in [0.29, 0.717) is 12.0 Å². The second-order valence-corrected chi connectivity index (χ2v) is 4.35. The molecule has 5 nitrogen and oxygen atoms in total. The molecule has 17 heavy (non-hydrogen) atoms. The molecule has 1 aliphatic heterocycles. The number of anilines is 1. The highest BCUT2D eigenvalue weighted by Gasteiger charge is 2.25. The second kappa shape index (κ2) is 4.18. The number of carboxylic acids is 1. The number of nitrogens with zero attached hydrogens (tertiary/aromatic N) is 1. The van der Waals surface area contributed by atoms with Gasteiger partial charge in [-0.3, -0.25) is 14.5 Å². The van der Waals surface area contributed by atoms with Crippen molar-refractivity contribution in [2.45, 2.75) is 12.5 Å². The number of fused-ring (bicyclic) bond motifs is 1. The summed E-state index contributed by atoms with van der Waals surface area (Å²) in [4.78, 5) is 24.0. The molecule has 1 atom stereocenters. The molecule has 5 heteroatoms. The van der Waals surface area contributed by atoms with Crippen molar-refractivity contribution < 1.29 is 14.7 Å². The Labute approximate surface area is 99.0 Å². The summed E-state index contributed by atoms with van der Waals surface area (Å²) < 4.78 is 0. The Hall–Kier alpha value is -1.88. The van der Waals surface area contributed by atoms with Crippen LogP contribution in [0.15, 0.2) is 18.2 Å². The van der Waals surface area contributed by atoms with Crippen LogP contribution in [0.5, 0.6) is 0 Å². The molecule has 0 spiro atoms. The predicted octanol–water partition coefficient (Wildman–Crippen LogP) is 0.869. The molecule has 1 aromatic carbocycles. The molecule has 1 amide bonds. The number of carbonyl (C=O) groups is 2. The minimum Gasteiger partial charge on any atom is -0.480 e. The van der Waals surface area contributed by atoms with Gasteiger partial charge in [0.2, 0.25) is 5.91 Å². The molecular formula is C12H14N2O3. The third-order valence-corrected chi connectivity index (χ3v) is 2.82. The number of carbonyl (C=O) groups excluding carboxylic acids is 1. The van der Waals surface area contributed by atoms with Crippen LogP contribution in [-0.4, -0.2) is 36.0 Å². The Balaban J connectivity index is 2.37. The van der Waals surface area contributed by atoms with Crippen molar-refractivity contribution in [2.24, 2.45) is 0 Å². The number of amides is 1. The summed E-state index contributed by atoms with van der Waals surface area (Å²) in [5, 5.41) is 11.9. The molecule has 1 heterocycles. The third-order valence-electron chi connectivity index (χ3n) is 2.82. The lowest BCUT2D eigenvalue weighted by molar-refractivity contribution is -0.142. The number of aliphatic carboxylic acids is 1. The maximum atomic E-state index is 11.2. The van der Waals surface area contributed by atoms with E-state index in [1.54, 1.807) is 37.2 Å². The van der Waals surface area contributed by atoms with Crippen LogP contribution in [0.25, 0.3) is 0 Å². The molecule has 1 unspecified atom stereocenters. The van der Waals surface area contributed by atoms with Crippen molar-refractivity contribution in [3.8, 4) is 0 Å². The van der Waals surface area contributed by atoms with E-state index in [1.165, 1.54) is 0 Å². The van der Waals surface area contributed by atoms with Gasteiger partial charge in [-0.25, -0.2) is 0 Å². The monoisotopic (exact) mass is 234 g/mol. The minimum absolute atomic E-state index is 0.0473. The van der Waals surface area contributed by atoms with Crippen molar-refractivity contribution >= 4 is 17.6 Å². The van der Waals surface area contributed by atoms with E-state index in [0.717, 1.165) is 11.3 Å². The minimum atomic E-state index is -0.896. The third kappa shape index (κ3) is 2.14. The molecule has 0 bridgehead atoms. The van der Waals surface area contributed by atoms with E-state index < -0.39 is 12.0 Å². The summed E-state index contributed by atoms with van der Waals surface area (Å²) >= 11 is 0. The van der Waals surface area contributed by atoms with Crippen LogP contribution in [0.1, 0.15) is 17.2 Å². The zero-order chi connectivity index (χ0) is 12.6. The van der Waals surface area contributed by atoms with Crippen molar-refractivity contribution in [3.63, 3.8) is 0 Å². The van der Waals surface area contributed by atoms with Gasteiger partial charge in [-0.2, -0.15) is 0 Å². The lowest BCUT2D eigenvalue weighted by Gasteiger charge is -2.20. The topological polar surface area (TPSA) is 69.6 Å². The number of nitrogens with one attached hydrogen (secondary N) is 1. The fraction of sp³-hybridized carbons (Fsp3) is 0.333. The largest absolute Gasteiger partial charge is 0.480 e. The fourth-order valence-electron chi connectivity index (χ4n) is 2.08. The standard InChI is InChI=1S/C12H14N2O3/c1-14(2)11(12(16)17)7-3-4-9-8(5-7)6-10(15)13-9/h3-5,11H,6H2,1-2H3,(H,13,15)(H,16,17). The Morgan fingerprint density at radius 1 is 1.47 bits per heavy atom. The first kappa shape index (κ1) is 11.6. The smallest absolute Gasteiger partial charge is 0.325 e. The molecule has 2 rings (SSSR count). The van der Waals surface area contributed by atoms with Gasteiger partial charge < -0.3 is 10.4 Å². The molecule has 0 aliphatic carbocycles. The highest BCUT2D eigenvalue weighted by molar-refractivity contribution is 5.99. The number of benzene rings is 1. The maximum absolute atomic E-state index is 11.2. The normalized spacial score (nSPS) is 15.6. The Morgan fingerprint density at radius 2 is 2.18 bits per heavy atom. The quantitative estimate of drug-likeness (QED) is 0.814. The van der Waals surface area contributed by atoms with E-state index in [-0.39, 0.29) is 5.91 Å². The van der Waals surface area contributed by atoms with Gasteiger partial charge in [0, 0.05) is 5.69 Å². The zero-order valence-electron chi connectivity index (χ0n) is 9.73. The first-order chi connectivity index (χ1) is 7.99. The lowest BCUT2D eigenvalue weighted by atomic mass is 10.0. The van der Waals surface area contributed by atoms with Gasteiger partial charge in [0.25, 0.3) is 0 Å². The molecular weight excluding hydrogens is 220 g/mol. The molecule has 0 saturated heterocycles. The van der Waals surface area contributed by atoms with Crippen LogP contribution in [-0.2, 0) is 16.0 Å². The molecule has 90 valence electrons. The van der Waals surface area contributed by atoms with Crippen LogP contribution in [0.4, 0.5) is 5.69 Å². The average Bonchev–Trinajstić information content (AvgIpc) is 2.56. The number of carboxylic acid groups (broad SMARTS) is 1. The first-order valence-corrected chi connectivity index (χ1v) is 5.31. The van der Waals surface area contributed by atoms with E-state index >= 15 is 0 Å². The Morgan fingerprint density at radius 3 is 2.76 bits per heavy atom. The first-order valence-electron chi connectivity index (χ1n) is 5.31. The maximum Gasteiger partial charge on any atom is 0.325 e. The summed E-state index contributed by atoms with van der Waals surface area (Å²) in [7, 11) is 3.44. The van der Waals surface area contributed by atoms with Gasteiger partial charge in [0.15, 0.2) is 0 Å². The highest BCUT2D eigenvalue weighted by Crippen LogP contribution is 2.28. The summed E-state index contributed by atoms with van der Waals surface area (Å²) in [6.45, 7) is 0. The predicted molar refractivity (Wildman–Crippen MR) is 62.8 cm³/mol. The molecule has 1 aliphatic rings. The average molecular weight is 234 g/mol. The van der Waals surface area contributed by atoms with Crippen LogP contribution in [0, 0.1) is 0 Å². The summed E-state index contributed by atoms with van der Waals surface area (Å²) in [5.41, 5.74) is 2.33. The van der Waals surface area contributed by atoms with Crippen LogP contribution >= 0.6 is 0 Å². The molecule has 0 aromatic heterocycles. The summed E-state index contributed by atoms with van der Waals surface area (Å²) in [5.74, 6) is -0.943.